The summed E-state index contributed by atoms with van der Waals surface area (Å²) in [5, 5.41) is 9.58. The lowest BCUT2D eigenvalue weighted by Gasteiger charge is -2.37. The van der Waals surface area contributed by atoms with Crippen LogP contribution in [0.15, 0.2) is 0 Å². The van der Waals surface area contributed by atoms with Crippen LogP contribution in [0, 0.1) is 29.1 Å². The van der Waals surface area contributed by atoms with Crippen LogP contribution in [0.5, 0.6) is 0 Å². The summed E-state index contributed by atoms with van der Waals surface area (Å²) in [6.07, 6.45) is -10.5. The lowest BCUT2D eigenvalue weighted by molar-refractivity contribution is -0.400. The maximum absolute atomic E-state index is 13.6. The topological polar surface area (TPSA) is 20.2 Å². The van der Waals surface area contributed by atoms with Gasteiger partial charge in [-0.2, -0.15) is 39.5 Å². The fraction of sp³-hybridized carbons (Fsp3) is 0.538. The fourth-order valence-corrected chi connectivity index (χ4v) is 2.12. The Bertz CT molecular complexity index is 734. The Morgan fingerprint density at radius 2 is 0.929 bits per heavy atom. The number of hydrogen-bond donors (Lipinski definition) is 1. The molecule has 1 aromatic rings. The molecule has 0 bridgehead atoms. The van der Waals surface area contributed by atoms with Gasteiger partial charge in [-0.15, -0.1) is 0 Å². The van der Waals surface area contributed by atoms with Crippen LogP contribution in [0.2, 0.25) is 0 Å². The van der Waals surface area contributed by atoms with E-state index in [4.69, 9.17) is 0 Å². The lowest BCUT2D eigenvalue weighted by atomic mass is 9.85. The maximum atomic E-state index is 13.6. The summed E-state index contributed by atoms with van der Waals surface area (Å²) in [7, 11) is 0. The quantitative estimate of drug-likeness (QED) is 0.364. The van der Waals surface area contributed by atoms with Crippen LogP contribution >= 0.6 is 0 Å². The van der Waals surface area contributed by atoms with Crippen molar-refractivity contribution in [3.63, 3.8) is 0 Å². The molecule has 0 spiro atoms. The van der Waals surface area contributed by atoms with E-state index in [9.17, 15) is 66.6 Å². The zero-order valence-corrected chi connectivity index (χ0v) is 12.9. The average molecular weight is 444 g/mol. The first-order valence-corrected chi connectivity index (χ1v) is 6.58. The third-order valence-corrected chi connectivity index (χ3v) is 3.52. The molecule has 1 nitrogen and oxygen atoms in total. The van der Waals surface area contributed by atoms with E-state index in [1.165, 1.54) is 0 Å². The van der Waals surface area contributed by atoms with Gasteiger partial charge in [0.05, 0.1) is 17.6 Å². The lowest BCUT2D eigenvalue weighted by Crippen LogP contribution is -2.62. The molecule has 0 aliphatic heterocycles. The van der Waals surface area contributed by atoms with Gasteiger partial charge in [-0.25, -0.2) is 22.0 Å². The molecular weight excluding hydrogens is 438 g/mol. The van der Waals surface area contributed by atoms with Gasteiger partial charge >= 0.3 is 23.9 Å². The number of alkyl halides is 9. The van der Waals surface area contributed by atoms with Crippen molar-refractivity contribution in [1.82, 2.24) is 0 Å². The minimum absolute atomic E-state index is 0.249. The van der Waals surface area contributed by atoms with E-state index in [0.29, 0.717) is 0 Å². The highest BCUT2D eigenvalue weighted by molar-refractivity contribution is 5.29. The van der Waals surface area contributed by atoms with E-state index in [-0.39, 0.29) is 6.92 Å². The third kappa shape index (κ3) is 3.48. The summed E-state index contributed by atoms with van der Waals surface area (Å²) < 4.78 is 181. The SMILES string of the molecule is CC(O)(CC(F)(F)C(F)(F)C(F)(F)C(F)(F)F)c1c(F)c(F)c(F)c(F)c1F. The Balaban J connectivity index is 3.55. The van der Waals surface area contributed by atoms with Crippen LogP contribution in [0.3, 0.4) is 0 Å². The Morgan fingerprint density at radius 3 is 1.25 bits per heavy atom. The first-order chi connectivity index (χ1) is 12.1. The zero-order valence-electron chi connectivity index (χ0n) is 12.9. The van der Waals surface area contributed by atoms with Gasteiger partial charge in [0.2, 0.25) is 5.82 Å². The van der Waals surface area contributed by atoms with Crippen molar-refractivity contribution in [1.29, 1.82) is 0 Å². The number of hydrogen-bond acceptors (Lipinski definition) is 1. The van der Waals surface area contributed by atoms with Gasteiger partial charge in [0.1, 0.15) is 0 Å². The van der Waals surface area contributed by atoms with Crippen molar-refractivity contribution in [2.45, 2.75) is 42.9 Å². The molecule has 1 aromatic carbocycles. The van der Waals surface area contributed by atoms with Gasteiger partial charge in [0, 0.05) is 0 Å². The van der Waals surface area contributed by atoms with Crippen LogP contribution in [-0.4, -0.2) is 29.1 Å². The van der Waals surface area contributed by atoms with Crippen molar-refractivity contribution in [3.05, 3.63) is 34.6 Å². The monoisotopic (exact) mass is 444 g/mol. The summed E-state index contributed by atoms with van der Waals surface area (Å²) in [5.41, 5.74) is -6.73. The van der Waals surface area contributed by atoms with Gasteiger partial charge in [0.25, 0.3) is 0 Å². The van der Waals surface area contributed by atoms with Gasteiger partial charge in [-0.1, -0.05) is 0 Å². The predicted molar refractivity (Wildman–Crippen MR) is 61.3 cm³/mol. The Morgan fingerprint density at radius 1 is 0.607 bits per heavy atom. The number of halogens is 14. The predicted octanol–water partition coefficient (Wildman–Crippen LogP) is 5.45. The largest absolute Gasteiger partial charge is 0.460 e. The standard InChI is InChI=1S/C13H6F14O/c1-9(28,3-4(14)6(16)8(18)7(17)5(3)15)2-10(19,20)11(21,22)12(23,24)13(25,26)27/h28H,2H2,1H3. The molecule has 1 N–H and O–H groups in total. The molecule has 0 amide bonds. The molecular formula is C13H6F14O. The first-order valence-electron chi connectivity index (χ1n) is 6.58. The molecule has 0 radical (unpaired) electrons. The van der Waals surface area contributed by atoms with Crippen molar-refractivity contribution in [2.75, 3.05) is 0 Å². The van der Waals surface area contributed by atoms with Crippen LogP contribution < -0.4 is 0 Å². The summed E-state index contributed by atoms with van der Waals surface area (Å²) in [4.78, 5) is 0. The molecule has 0 heterocycles. The highest BCUT2D eigenvalue weighted by Gasteiger charge is 2.82. The minimum atomic E-state index is -7.38. The maximum Gasteiger partial charge on any atom is 0.460 e. The molecule has 15 heteroatoms. The smallest absolute Gasteiger partial charge is 0.385 e. The second kappa shape index (κ2) is 6.62. The van der Waals surface area contributed by atoms with E-state index in [1.807, 2.05) is 0 Å². The van der Waals surface area contributed by atoms with Crippen LogP contribution in [0.4, 0.5) is 61.5 Å². The van der Waals surface area contributed by atoms with Crippen molar-refractivity contribution >= 4 is 0 Å². The molecule has 162 valence electrons. The molecule has 0 aliphatic carbocycles. The van der Waals surface area contributed by atoms with Crippen LogP contribution in [-0.2, 0) is 5.60 Å². The molecule has 28 heavy (non-hydrogen) atoms. The van der Waals surface area contributed by atoms with Crippen molar-refractivity contribution in [3.8, 4) is 0 Å². The molecule has 0 aliphatic rings. The number of aliphatic hydroxyl groups is 1. The minimum Gasteiger partial charge on any atom is -0.385 e. The van der Waals surface area contributed by atoms with E-state index in [0.717, 1.165) is 0 Å². The average Bonchev–Trinajstić information content (AvgIpc) is 2.48. The second-order valence-electron chi connectivity index (χ2n) is 5.75. The second-order valence-corrected chi connectivity index (χ2v) is 5.75. The molecule has 1 rings (SSSR count). The Labute approximate surface area is 145 Å². The molecule has 0 aromatic heterocycles. The van der Waals surface area contributed by atoms with Gasteiger partial charge in [-0.05, 0) is 6.92 Å². The van der Waals surface area contributed by atoms with Gasteiger partial charge < -0.3 is 5.11 Å². The third-order valence-electron chi connectivity index (χ3n) is 3.52. The van der Waals surface area contributed by atoms with E-state index in [2.05, 4.69) is 0 Å². The van der Waals surface area contributed by atoms with Crippen LogP contribution in [0.25, 0.3) is 0 Å². The Kier molecular flexibility index (Phi) is 5.73. The molecule has 0 fully saturated rings. The Hall–Kier alpha value is -1.80. The van der Waals surface area contributed by atoms with Crippen molar-refractivity contribution < 1.29 is 66.6 Å². The molecule has 1 unspecified atom stereocenters. The first kappa shape index (κ1) is 24.2. The van der Waals surface area contributed by atoms with Gasteiger partial charge in [-0.3, -0.25) is 0 Å². The van der Waals surface area contributed by atoms with Crippen molar-refractivity contribution in [2.24, 2.45) is 0 Å². The van der Waals surface area contributed by atoms with E-state index in [1.54, 1.807) is 0 Å². The number of rotatable bonds is 5. The fourth-order valence-electron chi connectivity index (χ4n) is 2.12. The molecule has 0 saturated carbocycles. The zero-order chi connectivity index (χ0) is 22.7. The molecule has 1 atom stereocenters. The highest BCUT2D eigenvalue weighted by Crippen LogP contribution is 2.55. The highest BCUT2D eigenvalue weighted by atomic mass is 19.4. The summed E-state index contributed by atoms with van der Waals surface area (Å²) in [6.45, 7) is -0.249. The summed E-state index contributed by atoms with van der Waals surface area (Å²) >= 11 is 0. The summed E-state index contributed by atoms with van der Waals surface area (Å²) in [5.74, 6) is -35.6. The molecule has 0 saturated heterocycles. The summed E-state index contributed by atoms with van der Waals surface area (Å²) in [6, 6.07) is 0. The van der Waals surface area contributed by atoms with E-state index >= 15 is 0 Å². The van der Waals surface area contributed by atoms with Crippen LogP contribution in [0.1, 0.15) is 18.9 Å². The van der Waals surface area contributed by atoms with E-state index < -0.39 is 70.6 Å². The normalized spacial score (nSPS) is 16.3. The van der Waals surface area contributed by atoms with Gasteiger partial charge in [0.15, 0.2) is 23.3 Å². The number of benzene rings is 1.